The number of hydrogen-bond donors (Lipinski definition) is 1. The van der Waals surface area contributed by atoms with Gasteiger partial charge in [0, 0.05) is 23.0 Å². The van der Waals surface area contributed by atoms with E-state index in [0.717, 1.165) is 30.2 Å². The van der Waals surface area contributed by atoms with Crippen LogP contribution in [0.2, 0.25) is 0 Å². The van der Waals surface area contributed by atoms with Gasteiger partial charge in [-0.3, -0.25) is 0 Å². The molecule has 1 N–H and O–H groups in total. The summed E-state index contributed by atoms with van der Waals surface area (Å²) in [4.78, 5) is 9.87. The average molecular weight is 239 g/mol. The van der Waals surface area contributed by atoms with Crippen LogP contribution in [0, 0.1) is 0 Å². The molecule has 2 aromatic rings. The first-order valence-corrected chi connectivity index (χ1v) is 6.70. The summed E-state index contributed by atoms with van der Waals surface area (Å²) in [7, 11) is 0. The zero-order valence-electron chi connectivity index (χ0n) is 8.56. The highest BCUT2D eigenvalue weighted by Crippen LogP contribution is 2.24. The summed E-state index contributed by atoms with van der Waals surface area (Å²) in [6.07, 6.45) is 3.10. The summed E-state index contributed by atoms with van der Waals surface area (Å²) >= 11 is 3.32. The van der Waals surface area contributed by atoms with Crippen molar-refractivity contribution in [1.82, 2.24) is 15.3 Å². The van der Waals surface area contributed by atoms with E-state index in [4.69, 9.17) is 0 Å². The molecule has 0 aliphatic heterocycles. The van der Waals surface area contributed by atoms with Crippen molar-refractivity contribution in [2.24, 2.45) is 0 Å². The standard InChI is InChI=1S/C10H13N3S2/c1-2-3-11-4-8-5-12-10(15-8)9-6-14-7-13-9/h5-7,11H,2-4H2,1H3. The lowest BCUT2D eigenvalue weighted by Crippen LogP contribution is -2.12. The SMILES string of the molecule is CCCNCc1cnc(-c2cscn2)s1. The predicted octanol–water partition coefficient (Wildman–Crippen LogP) is 2.77. The molecule has 0 aliphatic carbocycles. The Morgan fingerprint density at radius 2 is 2.33 bits per heavy atom. The molecule has 2 rings (SSSR count). The van der Waals surface area contributed by atoms with E-state index in [-0.39, 0.29) is 0 Å². The van der Waals surface area contributed by atoms with E-state index in [1.807, 2.05) is 17.1 Å². The molecule has 0 unspecified atom stereocenters. The molecule has 2 heterocycles. The Kier molecular flexibility index (Phi) is 3.82. The maximum atomic E-state index is 4.36. The van der Waals surface area contributed by atoms with Gasteiger partial charge in [-0.1, -0.05) is 6.92 Å². The second-order valence-corrected chi connectivity index (χ2v) is 5.02. The zero-order valence-corrected chi connectivity index (χ0v) is 10.2. The third-order valence-corrected chi connectivity index (χ3v) is 3.54. The fourth-order valence-electron chi connectivity index (χ4n) is 1.21. The second kappa shape index (κ2) is 5.34. The maximum absolute atomic E-state index is 4.36. The molecule has 0 bridgehead atoms. The number of hydrogen-bond acceptors (Lipinski definition) is 5. The summed E-state index contributed by atoms with van der Waals surface area (Å²) in [6.45, 7) is 4.14. The van der Waals surface area contributed by atoms with Crippen molar-refractivity contribution in [2.45, 2.75) is 19.9 Å². The van der Waals surface area contributed by atoms with Crippen LogP contribution in [0.1, 0.15) is 18.2 Å². The van der Waals surface area contributed by atoms with Crippen molar-refractivity contribution < 1.29 is 0 Å². The average Bonchev–Trinajstić information content (AvgIpc) is 2.87. The molecule has 3 nitrogen and oxygen atoms in total. The molecule has 5 heteroatoms. The summed E-state index contributed by atoms with van der Waals surface area (Å²) in [6, 6.07) is 0. The van der Waals surface area contributed by atoms with Crippen LogP contribution in [0.15, 0.2) is 17.1 Å². The molecule has 0 aromatic carbocycles. The van der Waals surface area contributed by atoms with Crippen molar-refractivity contribution in [3.63, 3.8) is 0 Å². The monoisotopic (exact) mass is 239 g/mol. The summed E-state index contributed by atoms with van der Waals surface area (Å²) in [5, 5.41) is 6.41. The van der Waals surface area contributed by atoms with E-state index in [1.54, 1.807) is 22.7 Å². The smallest absolute Gasteiger partial charge is 0.142 e. The number of nitrogens with one attached hydrogen (secondary N) is 1. The van der Waals surface area contributed by atoms with Gasteiger partial charge in [0.1, 0.15) is 10.7 Å². The van der Waals surface area contributed by atoms with Crippen LogP contribution in [0.25, 0.3) is 10.7 Å². The van der Waals surface area contributed by atoms with Crippen LogP contribution in [-0.2, 0) is 6.54 Å². The topological polar surface area (TPSA) is 37.8 Å². The van der Waals surface area contributed by atoms with E-state index in [9.17, 15) is 0 Å². The predicted molar refractivity (Wildman–Crippen MR) is 65.2 cm³/mol. The van der Waals surface area contributed by atoms with Gasteiger partial charge in [0.25, 0.3) is 0 Å². The van der Waals surface area contributed by atoms with E-state index in [1.165, 1.54) is 4.88 Å². The van der Waals surface area contributed by atoms with Gasteiger partial charge in [-0.15, -0.1) is 22.7 Å². The fraction of sp³-hybridized carbons (Fsp3) is 0.400. The number of thiazole rings is 2. The molecule has 2 aromatic heterocycles. The minimum absolute atomic E-state index is 0.912. The van der Waals surface area contributed by atoms with Crippen molar-refractivity contribution in [1.29, 1.82) is 0 Å². The molecule has 0 aliphatic rings. The molecular formula is C10H13N3S2. The number of nitrogens with zero attached hydrogens (tertiary/aromatic N) is 2. The second-order valence-electron chi connectivity index (χ2n) is 3.18. The highest BCUT2D eigenvalue weighted by Gasteiger charge is 2.05. The molecule has 0 saturated heterocycles. The Bertz CT molecular complexity index is 394. The van der Waals surface area contributed by atoms with Crippen molar-refractivity contribution in [3.05, 3.63) is 22.0 Å². The van der Waals surface area contributed by atoms with Crippen LogP contribution >= 0.6 is 22.7 Å². The number of aromatic nitrogens is 2. The molecule has 0 spiro atoms. The molecule has 80 valence electrons. The van der Waals surface area contributed by atoms with Gasteiger partial charge in [-0.25, -0.2) is 9.97 Å². The normalized spacial score (nSPS) is 10.7. The molecule has 0 amide bonds. The van der Waals surface area contributed by atoms with Gasteiger partial charge in [-0.05, 0) is 13.0 Å². The molecule has 0 atom stereocenters. The Hall–Kier alpha value is -0.780. The van der Waals surface area contributed by atoms with Gasteiger partial charge in [0.05, 0.1) is 5.51 Å². The van der Waals surface area contributed by atoms with Crippen molar-refractivity contribution in [2.75, 3.05) is 6.54 Å². The van der Waals surface area contributed by atoms with E-state index in [2.05, 4.69) is 22.2 Å². The first-order chi connectivity index (χ1) is 7.40. The molecule has 0 fully saturated rings. The van der Waals surface area contributed by atoms with Crippen LogP contribution < -0.4 is 5.32 Å². The third-order valence-electron chi connectivity index (χ3n) is 1.93. The van der Waals surface area contributed by atoms with Gasteiger partial charge >= 0.3 is 0 Å². The maximum Gasteiger partial charge on any atom is 0.142 e. The molecule has 0 radical (unpaired) electrons. The quantitative estimate of drug-likeness (QED) is 0.815. The van der Waals surface area contributed by atoms with E-state index < -0.39 is 0 Å². The van der Waals surface area contributed by atoms with Gasteiger partial charge in [0.15, 0.2) is 0 Å². The van der Waals surface area contributed by atoms with Crippen LogP contribution in [0.3, 0.4) is 0 Å². The summed E-state index contributed by atoms with van der Waals surface area (Å²) < 4.78 is 0. The largest absolute Gasteiger partial charge is 0.312 e. The van der Waals surface area contributed by atoms with Crippen LogP contribution in [0.4, 0.5) is 0 Å². The zero-order chi connectivity index (χ0) is 10.5. The van der Waals surface area contributed by atoms with Crippen molar-refractivity contribution in [3.8, 4) is 10.7 Å². The first-order valence-electron chi connectivity index (χ1n) is 4.94. The highest BCUT2D eigenvalue weighted by atomic mass is 32.1. The summed E-state index contributed by atoms with van der Waals surface area (Å²) in [5.74, 6) is 0. The minimum Gasteiger partial charge on any atom is -0.312 e. The Balaban J connectivity index is 1.98. The van der Waals surface area contributed by atoms with Gasteiger partial charge in [0.2, 0.25) is 0 Å². The Morgan fingerprint density at radius 1 is 1.40 bits per heavy atom. The fourth-order valence-corrected chi connectivity index (χ4v) is 2.68. The van der Waals surface area contributed by atoms with E-state index >= 15 is 0 Å². The lowest BCUT2D eigenvalue weighted by Gasteiger charge is -1.97. The first kappa shape index (κ1) is 10.7. The Labute approximate surface area is 97.2 Å². The molecule has 15 heavy (non-hydrogen) atoms. The van der Waals surface area contributed by atoms with Crippen molar-refractivity contribution >= 4 is 22.7 Å². The lowest BCUT2D eigenvalue weighted by atomic mass is 10.4. The number of rotatable bonds is 5. The molecular weight excluding hydrogens is 226 g/mol. The third kappa shape index (κ3) is 2.84. The highest BCUT2D eigenvalue weighted by molar-refractivity contribution is 7.15. The van der Waals surface area contributed by atoms with E-state index in [0.29, 0.717) is 0 Å². The van der Waals surface area contributed by atoms with Crippen LogP contribution in [0.5, 0.6) is 0 Å². The van der Waals surface area contributed by atoms with Gasteiger partial charge < -0.3 is 5.32 Å². The van der Waals surface area contributed by atoms with Gasteiger partial charge in [-0.2, -0.15) is 0 Å². The molecule has 0 saturated carbocycles. The van der Waals surface area contributed by atoms with Crippen LogP contribution in [-0.4, -0.2) is 16.5 Å². The minimum atomic E-state index is 0.912. The Morgan fingerprint density at radius 3 is 3.07 bits per heavy atom. The summed E-state index contributed by atoms with van der Waals surface area (Å²) in [5.41, 5.74) is 2.83. The lowest BCUT2D eigenvalue weighted by molar-refractivity contribution is 0.681.